The molecule has 1 spiro atoms. The van der Waals surface area contributed by atoms with Crippen molar-refractivity contribution >= 4 is 17.4 Å². The van der Waals surface area contributed by atoms with E-state index in [1.54, 1.807) is 32.4 Å². The minimum atomic E-state index is -0.174. The van der Waals surface area contributed by atoms with Gasteiger partial charge in [-0.3, -0.25) is 0 Å². The number of carbonyl (C=O) groups excluding carboxylic acids is 1. The van der Waals surface area contributed by atoms with Crippen molar-refractivity contribution in [1.29, 1.82) is 0 Å². The third kappa shape index (κ3) is 3.26. The van der Waals surface area contributed by atoms with Crippen LogP contribution in [0.3, 0.4) is 0 Å². The first-order valence-electron chi connectivity index (χ1n) is 10.5. The molecular weight excluding hydrogens is 392 g/mol. The number of likely N-dealkylation sites (tertiary alicyclic amines) is 1. The fourth-order valence-electron chi connectivity index (χ4n) is 4.66. The van der Waals surface area contributed by atoms with Gasteiger partial charge >= 0.3 is 6.03 Å². The molecule has 31 heavy (non-hydrogen) atoms. The number of para-hydroxylation sites is 2. The second-order valence-electron chi connectivity index (χ2n) is 7.97. The summed E-state index contributed by atoms with van der Waals surface area (Å²) in [6, 6.07) is 17.9. The maximum absolute atomic E-state index is 13.0. The summed E-state index contributed by atoms with van der Waals surface area (Å²) in [6.45, 7) is 1.31. The van der Waals surface area contributed by atoms with Gasteiger partial charge in [0.05, 0.1) is 36.8 Å². The predicted molar refractivity (Wildman–Crippen MR) is 120 cm³/mol. The molecule has 0 bridgehead atoms. The lowest BCUT2D eigenvalue weighted by molar-refractivity contribution is 0.174. The summed E-state index contributed by atoms with van der Waals surface area (Å²) >= 11 is 0. The number of hydrogen-bond donors (Lipinski definition) is 2. The Balaban J connectivity index is 1.32. The lowest BCUT2D eigenvalue weighted by Crippen LogP contribution is -2.51. The number of piperidine rings is 1. The van der Waals surface area contributed by atoms with E-state index in [0.29, 0.717) is 30.3 Å². The molecule has 7 heteroatoms. The largest absolute Gasteiger partial charge is 0.497 e. The molecule has 2 amide bonds. The summed E-state index contributed by atoms with van der Waals surface area (Å²) in [4.78, 5) is 14.8. The molecule has 160 valence electrons. The van der Waals surface area contributed by atoms with Crippen LogP contribution in [0.15, 0.2) is 60.8 Å². The van der Waals surface area contributed by atoms with Crippen LogP contribution in [0.5, 0.6) is 11.5 Å². The Bertz CT molecular complexity index is 1120. The van der Waals surface area contributed by atoms with Gasteiger partial charge in [-0.25, -0.2) is 4.79 Å². The van der Waals surface area contributed by atoms with Crippen LogP contribution in [0.25, 0.3) is 5.69 Å². The van der Waals surface area contributed by atoms with Crippen molar-refractivity contribution in [2.75, 3.05) is 37.9 Å². The molecule has 1 saturated heterocycles. The number of anilines is 2. The molecule has 3 aromatic rings. The molecule has 0 saturated carbocycles. The number of nitrogens with one attached hydrogen (secondary N) is 2. The summed E-state index contributed by atoms with van der Waals surface area (Å²) in [6.07, 6.45) is 3.78. The van der Waals surface area contributed by atoms with Crippen molar-refractivity contribution in [2.24, 2.45) is 0 Å². The molecule has 3 heterocycles. The van der Waals surface area contributed by atoms with Gasteiger partial charge < -0.3 is 29.6 Å². The van der Waals surface area contributed by atoms with Gasteiger partial charge in [0.25, 0.3) is 0 Å². The number of methoxy groups -OCH3 is 2. The maximum atomic E-state index is 13.0. The van der Waals surface area contributed by atoms with Gasteiger partial charge in [-0.1, -0.05) is 12.1 Å². The highest BCUT2D eigenvalue weighted by Crippen LogP contribution is 2.43. The number of amides is 2. The van der Waals surface area contributed by atoms with Crippen LogP contribution in [0.1, 0.15) is 18.5 Å². The average Bonchev–Trinajstić information content (AvgIpc) is 3.31. The monoisotopic (exact) mass is 418 g/mol. The van der Waals surface area contributed by atoms with E-state index >= 15 is 0 Å². The number of aromatic nitrogens is 1. The van der Waals surface area contributed by atoms with Crippen molar-refractivity contribution in [3.05, 3.63) is 66.5 Å². The summed E-state index contributed by atoms with van der Waals surface area (Å²) < 4.78 is 12.9. The van der Waals surface area contributed by atoms with Crippen LogP contribution < -0.4 is 20.1 Å². The van der Waals surface area contributed by atoms with E-state index in [1.807, 2.05) is 4.90 Å². The number of hydrogen-bond acceptors (Lipinski definition) is 4. The normalized spacial score (nSPS) is 16.1. The smallest absolute Gasteiger partial charge is 0.321 e. The lowest BCUT2D eigenvalue weighted by Gasteiger charge is -2.46. The van der Waals surface area contributed by atoms with Gasteiger partial charge in [-0.05, 0) is 49.2 Å². The topological polar surface area (TPSA) is 67.8 Å². The number of nitrogens with zero attached hydrogens (tertiary/aromatic N) is 2. The number of urea groups is 1. The molecular formula is C24H26N4O3. The number of benzene rings is 2. The number of ether oxygens (including phenoxy) is 2. The molecule has 2 aliphatic heterocycles. The summed E-state index contributed by atoms with van der Waals surface area (Å²) in [5.74, 6) is 1.26. The molecule has 2 N–H and O–H groups in total. The van der Waals surface area contributed by atoms with Gasteiger partial charge in [0.15, 0.2) is 0 Å². The van der Waals surface area contributed by atoms with E-state index in [1.165, 1.54) is 11.4 Å². The average molecular weight is 418 g/mol. The molecule has 5 rings (SSSR count). The highest BCUT2D eigenvalue weighted by molar-refractivity contribution is 5.91. The predicted octanol–water partition coefficient (Wildman–Crippen LogP) is 4.44. The third-order valence-corrected chi connectivity index (χ3v) is 6.33. The Labute approximate surface area is 181 Å². The number of fused-ring (bicyclic) bond motifs is 4. The summed E-state index contributed by atoms with van der Waals surface area (Å²) in [7, 11) is 3.18. The van der Waals surface area contributed by atoms with E-state index in [0.717, 1.165) is 18.5 Å². The van der Waals surface area contributed by atoms with Gasteiger partial charge in [0.1, 0.15) is 11.5 Å². The second kappa shape index (κ2) is 7.58. The Kier molecular flexibility index (Phi) is 4.73. The first kappa shape index (κ1) is 19.4. The molecule has 7 nitrogen and oxygen atoms in total. The molecule has 0 aliphatic carbocycles. The third-order valence-electron chi connectivity index (χ3n) is 6.33. The fraction of sp³-hybridized carbons (Fsp3) is 0.292. The Morgan fingerprint density at radius 3 is 2.61 bits per heavy atom. The fourth-order valence-corrected chi connectivity index (χ4v) is 4.66. The first-order chi connectivity index (χ1) is 15.1. The summed E-state index contributed by atoms with van der Waals surface area (Å²) in [5.41, 5.74) is 4.01. The molecule has 1 aromatic heterocycles. The zero-order valence-electron chi connectivity index (χ0n) is 17.7. The van der Waals surface area contributed by atoms with Crippen LogP contribution in [-0.2, 0) is 5.54 Å². The second-order valence-corrected chi connectivity index (χ2v) is 7.97. The van der Waals surface area contributed by atoms with Crippen molar-refractivity contribution < 1.29 is 14.3 Å². The van der Waals surface area contributed by atoms with Gasteiger partial charge in [-0.15, -0.1) is 0 Å². The van der Waals surface area contributed by atoms with Crippen molar-refractivity contribution in [3.63, 3.8) is 0 Å². The Hall–Kier alpha value is -3.61. The van der Waals surface area contributed by atoms with Crippen molar-refractivity contribution in [3.8, 4) is 17.2 Å². The van der Waals surface area contributed by atoms with Crippen LogP contribution >= 0.6 is 0 Å². The number of rotatable bonds is 3. The summed E-state index contributed by atoms with van der Waals surface area (Å²) in [5, 5.41) is 6.77. The maximum Gasteiger partial charge on any atom is 0.321 e. The highest BCUT2D eigenvalue weighted by atomic mass is 16.5. The molecule has 1 fully saturated rings. The van der Waals surface area contributed by atoms with Gasteiger partial charge in [0.2, 0.25) is 0 Å². The van der Waals surface area contributed by atoms with Crippen LogP contribution in [0.4, 0.5) is 16.2 Å². The highest BCUT2D eigenvalue weighted by Gasteiger charge is 2.42. The zero-order valence-corrected chi connectivity index (χ0v) is 17.7. The van der Waals surface area contributed by atoms with Crippen molar-refractivity contribution in [1.82, 2.24) is 9.47 Å². The van der Waals surface area contributed by atoms with Crippen molar-refractivity contribution in [2.45, 2.75) is 18.4 Å². The minimum absolute atomic E-state index is 0.120. The van der Waals surface area contributed by atoms with E-state index in [-0.39, 0.29) is 11.6 Å². The first-order valence-corrected chi connectivity index (χ1v) is 10.5. The van der Waals surface area contributed by atoms with Crippen LogP contribution in [0.2, 0.25) is 0 Å². The van der Waals surface area contributed by atoms with Gasteiger partial charge in [-0.2, -0.15) is 0 Å². The van der Waals surface area contributed by atoms with E-state index in [2.05, 4.69) is 57.8 Å². The van der Waals surface area contributed by atoms with E-state index < -0.39 is 0 Å². The van der Waals surface area contributed by atoms with E-state index in [9.17, 15) is 4.79 Å². The van der Waals surface area contributed by atoms with Gasteiger partial charge in [0, 0.05) is 31.0 Å². The Morgan fingerprint density at radius 2 is 1.84 bits per heavy atom. The number of carbonyl (C=O) groups is 1. The molecule has 0 atom stereocenters. The van der Waals surface area contributed by atoms with E-state index in [4.69, 9.17) is 9.47 Å². The van der Waals surface area contributed by atoms with Crippen LogP contribution in [0, 0.1) is 0 Å². The quantitative estimate of drug-likeness (QED) is 0.660. The Morgan fingerprint density at radius 1 is 1.03 bits per heavy atom. The standard InChI is InChI=1S/C24H26N4O3/c1-30-17-9-10-19(21(16-17)31-2)25-23(29)27-14-11-24(12-15-27)22-8-5-13-28(22)20-7-4-3-6-18(20)26-24/h3-10,13,16,26H,11-12,14-15H2,1-2H3,(H,25,29). The molecule has 2 aromatic carbocycles. The minimum Gasteiger partial charge on any atom is -0.497 e. The van der Waals surface area contributed by atoms with Crippen LogP contribution in [-0.4, -0.2) is 42.8 Å². The zero-order chi connectivity index (χ0) is 21.4. The SMILES string of the molecule is COc1ccc(NC(=O)N2CCC3(CC2)Nc2ccccc2-n2cccc23)c(OC)c1. The lowest BCUT2D eigenvalue weighted by atomic mass is 9.82. The molecule has 0 unspecified atom stereocenters. The molecule has 0 radical (unpaired) electrons. The molecule has 2 aliphatic rings.